The predicted octanol–water partition coefficient (Wildman–Crippen LogP) is 4.43. The number of fused-ring (bicyclic) bond motifs is 2. The van der Waals surface area contributed by atoms with Gasteiger partial charge < -0.3 is 19.3 Å². The number of hydrogen-bond acceptors (Lipinski definition) is 6. The normalized spacial score (nSPS) is 18.7. The molecule has 0 saturated carbocycles. The van der Waals surface area contributed by atoms with Crippen molar-refractivity contribution >= 4 is 5.97 Å². The first-order chi connectivity index (χ1) is 15.1. The molecule has 2 aliphatic rings. The van der Waals surface area contributed by atoms with Gasteiger partial charge >= 0.3 is 5.97 Å². The Morgan fingerprint density at radius 3 is 2.97 bits per heavy atom. The monoisotopic (exact) mass is 422 g/mol. The average molecular weight is 422 g/mol. The zero-order valence-electron chi connectivity index (χ0n) is 16.5. The molecule has 1 aliphatic heterocycles. The van der Waals surface area contributed by atoms with E-state index in [1.165, 1.54) is 18.5 Å². The number of carboxylic acids is 1. The number of aromatic nitrogens is 2. The summed E-state index contributed by atoms with van der Waals surface area (Å²) in [5.74, 6) is 0.660. The van der Waals surface area contributed by atoms with Gasteiger partial charge in [-0.15, -0.1) is 0 Å². The Labute approximate surface area is 177 Å². The maximum absolute atomic E-state index is 14.7. The number of benzene rings is 2. The van der Waals surface area contributed by atoms with E-state index in [9.17, 15) is 9.18 Å². The zero-order chi connectivity index (χ0) is 21.4. The fourth-order valence-electron chi connectivity index (χ4n) is 4.18. The molecule has 7 nitrogen and oxygen atoms in total. The molecule has 3 aromatic rings. The van der Waals surface area contributed by atoms with E-state index in [0.717, 1.165) is 11.1 Å². The maximum Gasteiger partial charge on any atom is 0.304 e. The van der Waals surface area contributed by atoms with Crippen molar-refractivity contribution in [2.45, 2.75) is 31.3 Å². The fraction of sp³-hybridized carbons (Fsp3) is 0.261. The molecule has 5 rings (SSSR count). The number of halogens is 1. The van der Waals surface area contributed by atoms with Crippen LogP contribution in [0.2, 0.25) is 0 Å². The van der Waals surface area contributed by atoms with Gasteiger partial charge in [0.2, 0.25) is 5.88 Å². The molecule has 1 aliphatic carbocycles. The standard InChI is InChI=1S/C23H19FN2O5/c24-17-4-6-18(31-21-11-25-7-8-26-21)16-3-5-19(23(16)17)30-14-1-2-15-13(9-22(27)28)12-29-20(15)10-14/h1-2,4,6-8,10-11,13,19H,3,5,9,12H2,(H,27,28)/t13-,19-/m1/s1. The van der Waals surface area contributed by atoms with Gasteiger partial charge in [-0.25, -0.2) is 9.37 Å². The number of carbonyl (C=O) groups is 1. The van der Waals surface area contributed by atoms with E-state index in [-0.39, 0.29) is 18.2 Å². The SMILES string of the molecule is O=C(O)C[C@@H]1COc2cc(O[C@@H]3CCc4c(Oc5cnccn5)ccc(F)c43)ccc21. The highest BCUT2D eigenvalue weighted by atomic mass is 19.1. The second-order valence-electron chi connectivity index (χ2n) is 7.53. The summed E-state index contributed by atoms with van der Waals surface area (Å²) >= 11 is 0. The molecular weight excluding hydrogens is 403 g/mol. The van der Waals surface area contributed by atoms with Crippen molar-refractivity contribution in [3.8, 4) is 23.1 Å². The number of aliphatic carboxylic acids is 1. The largest absolute Gasteiger partial charge is 0.492 e. The van der Waals surface area contributed by atoms with E-state index in [1.807, 2.05) is 6.07 Å². The van der Waals surface area contributed by atoms with E-state index in [1.54, 1.807) is 24.4 Å². The van der Waals surface area contributed by atoms with Gasteiger partial charge in [0, 0.05) is 41.1 Å². The van der Waals surface area contributed by atoms with Crippen molar-refractivity contribution in [3.05, 3.63) is 71.4 Å². The summed E-state index contributed by atoms with van der Waals surface area (Å²) in [7, 11) is 0. The Hall–Kier alpha value is -3.68. The Balaban J connectivity index is 1.37. The molecule has 0 unspecified atom stereocenters. The number of ether oxygens (including phenoxy) is 3. The van der Waals surface area contributed by atoms with E-state index < -0.39 is 12.1 Å². The molecule has 2 aromatic carbocycles. The van der Waals surface area contributed by atoms with Gasteiger partial charge in [0.25, 0.3) is 0 Å². The summed E-state index contributed by atoms with van der Waals surface area (Å²) in [6.45, 7) is 0.328. The third kappa shape index (κ3) is 3.76. The second-order valence-corrected chi connectivity index (χ2v) is 7.53. The van der Waals surface area contributed by atoms with Crippen molar-refractivity contribution in [3.63, 3.8) is 0 Å². The molecule has 1 aromatic heterocycles. The molecule has 2 heterocycles. The lowest BCUT2D eigenvalue weighted by molar-refractivity contribution is -0.137. The summed E-state index contributed by atoms with van der Waals surface area (Å²) in [5.41, 5.74) is 2.09. The molecular formula is C23H19FN2O5. The molecule has 1 N–H and O–H groups in total. The Morgan fingerprint density at radius 2 is 2.16 bits per heavy atom. The van der Waals surface area contributed by atoms with Gasteiger partial charge in [-0.1, -0.05) is 6.07 Å². The molecule has 0 bridgehead atoms. The van der Waals surface area contributed by atoms with Gasteiger partial charge in [0.1, 0.15) is 29.2 Å². The lowest BCUT2D eigenvalue weighted by atomic mass is 9.98. The number of carboxylic acid groups (broad SMARTS) is 1. The van der Waals surface area contributed by atoms with Gasteiger partial charge in [0.05, 0.1) is 19.2 Å². The van der Waals surface area contributed by atoms with Crippen LogP contribution in [0.4, 0.5) is 4.39 Å². The molecule has 0 amide bonds. The minimum absolute atomic E-state index is 0.0168. The van der Waals surface area contributed by atoms with Crippen LogP contribution in [-0.4, -0.2) is 27.7 Å². The lowest BCUT2D eigenvalue weighted by Gasteiger charge is -2.17. The number of rotatable bonds is 6. The van der Waals surface area contributed by atoms with E-state index >= 15 is 0 Å². The molecule has 31 heavy (non-hydrogen) atoms. The lowest BCUT2D eigenvalue weighted by Crippen LogP contribution is -2.07. The summed E-state index contributed by atoms with van der Waals surface area (Å²) in [5, 5.41) is 9.04. The van der Waals surface area contributed by atoms with Gasteiger partial charge in [0.15, 0.2) is 0 Å². The van der Waals surface area contributed by atoms with Gasteiger partial charge in [-0.05, 0) is 31.0 Å². The highest BCUT2D eigenvalue weighted by molar-refractivity contribution is 5.68. The second kappa shape index (κ2) is 7.86. The minimum Gasteiger partial charge on any atom is -0.492 e. The highest BCUT2D eigenvalue weighted by Gasteiger charge is 2.32. The summed E-state index contributed by atoms with van der Waals surface area (Å²) < 4.78 is 32.3. The van der Waals surface area contributed by atoms with E-state index in [0.29, 0.717) is 48.1 Å². The third-order valence-corrected chi connectivity index (χ3v) is 5.56. The Bertz CT molecular complexity index is 1140. The number of nitrogens with zero attached hydrogens (tertiary/aromatic N) is 2. The van der Waals surface area contributed by atoms with Crippen LogP contribution in [0.3, 0.4) is 0 Å². The van der Waals surface area contributed by atoms with Crippen molar-refractivity contribution in [1.82, 2.24) is 9.97 Å². The Morgan fingerprint density at radius 1 is 1.26 bits per heavy atom. The third-order valence-electron chi connectivity index (χ3n) is 5.56. The predicted molar refractivity (Wildman–Crippen MR) is 107 cm³/mol. The van der Waals surface area contributed by atoms with E-state index in [4.69, 9.17) is 19.3 Å². The molecule has 158 valence electrons. The molecule has 0 spiro atoms. The van der Waals surface area contributed by atoms with Crippen LogP contribution >= 0.6 is 0 Å². The number of hydrogen-bond donors (Lipinski definition) is 1. The van der Waals surface area contributed by atoms with Crippen LogP contribution in [0.25, 0.3) is 0 Å². The first-order valence-electron chi connectivity index (χ1n) is 9.99. The summed E-state index contributed by atoms with van der Waals surface area (Å²) in [6, 6.07) is 8.31. The first kappa shape index (κ1) is 19.3. The maximum atomic E-state index is 14.7. The van der Waals surface area contributed by atoms with Crippen molar-refractivity contribution in [2.75, 3.05) is 6.61 Å². The summed E-state index contributed by atoms with van der Waals surface area (Å²) in [6.07, 6.45) is 5.35. The molecule has 0 radical (unpaired) electrons. The van der Waals surface area contributed by atoms with Crippen LogP contribution in [0.5, 0.6) is 23.1 Å². The van der Waals surface area contributed by atoms with Crippen LogP contribution in [0.15, 0.2) is 48.9 Å². The van der Waals surface area contributed by atoms with Crippen molar-refractivity contribution in [2.24, 2.45) is 0 Å². The van der Waals surface area contributed by atoms with Gasteiger partial charge in [-0.2, -0.15) is 0 Å². The van der Waals surface area contributed by atoms with Crippen LogP contribution < -0.4 is 14.2 Å². The topological polar surface area (TPSA) is 90.8 Å². The van der Waals surface area contributed by atoms with E-state index in [2.05, 4.69) is 9.97 Å². The zero-order valence-corrected chi connectivity index (χ0v) is 16.5. The van der Waals surface area contributed by atoms with Crippen LogP contribution in [0.1, 0.15) is 41.6 Å². The molecule has 8 heteroatoms. The molecule has 0 fully saturated rings. The average Bonchev–Trinajstić information content (AvgIpc) is 3.36. The minimum atomic E-state index is -0.862. The van der Waals surface area contributed by atoms with Crippen molar-refractivity contribution in [1.29, 1.82) is 0 Å². The Kier molecular flexibility index (Phi) is 4.89. The van der Waals surface area contributed by atoms with Gasteiger partial charge in [-0.3, -0.25) is 9.78 Å². The first-order valence-corrected chi connectivity index (χ1v) is 9.99. The quantitative estimate of drug-likeness (QED) is 0.629. The highest BCUT2D eigenvalue weighted by Crippen LogP contribution is 2.44. The smallest absolute Gasteiger partial charge is 0.304 e. The fourth-order valence-corrected chi connectivity index (χ4v) is 4.18. The van der Waals surface area contributed by atoms with Crippen LogP contribution in [0, 0.1) is 5.82 Å². The van der Waals surface area contributed by atoms with Crippen LogP contribution in [-0.2, 0) is 11.2 Å². The summed E-state index contributed by atoms with van der Waals surface area (Å²) in [4.78, 5) is 19.1. The molecule has 0 saturated heterocycles. The molecule has 2 atom stereocenters. The van der Waals surface area contributed by atoms with Crippen molar-refractivity contribution < 1.29 is 28.5 Å².